The van der Waals surface area contributed by atoms with Crippen molar-refractivity contribution < 1.29 is 27.2 Å². The molecule has 1 saturated carbocycles. The van der Waals surface area contributed by atoms with E-state index in [-0.39, 0.29) is 10.9 Å². The second-order valence-electron chi connectivity index (χ2n) is 9.57. The Bertz CT molecular complexity index is 1360. The lowest BCUT2D eigenvalue weighted by Gasteiger charge is -2.43. The Morgan fingerprint density at radius 1 is 0.947 bits per heavy atom. The van der Waals surface area contributed by atoms with Crippen LogP contribution in [-0.4, -0.2) is 40.9 Å². The number of fused-ring (bicyclic) bond motifs is 2. The van der Waals surface area contributed by atoms with E-state index in [1.54, 1.807) is 0 Å². The van der Waals surface area contributed by atoms with Gasteiger partial charge in [-0.25, -0.2) is 13.3 Å². The molecule has 10 heteroatoms. The molecule has 0 aromatic heterocycles. The van der Waals surface area contributed by atoms with E-state index in [1.807, 2.05) is 24.3 Å². The molecule has 3 aromatic rings. The van der Waals surface area contributed by atoms with Crippen molar-refractivity contribution in [1.29, 1.82) is 0 Å². The van der Waals surface area contributed by atoms with Crippen molar-refractivity contribution in [3.05, 3.63) is 83.9 Å². The fourth-order valence-electron chi connectivity index (χ4n) is 5.50. The van der Waals surface area contributed by atoms with Gasteiger partial charge in [-0.2, -0.15) is 0 Å². The molecule has 1 aliphatic heterocycles. The number of aliphatic hydroxyl groups is 1. The number of halogens is 3. The molecule has 5 rings (SSSR count). The summed E-state index contributed by atoms with van der Waals surface area (Å²) in [6.07, 6.45) is -1.79. The predicted octanol–water partition coefficient (Wildman–Crippen LogP) is 5.77. The zero-order chi connectivity index (χ0) is 26.9. The fourth-order valence-corrected chi connectivity index (χ4v) is 7.12. The number of benzene rings is 3. The quantitative estimate of drug-likeness (QED) is 0.427. The van der Waals surface area contributed by atoms with Crippen molar-refractivity contribution in [3.63, 3.8) is 0 Å². The molecule has 1 heterocycles. The standard InChI is InChI=1S/C28H30F3N3O3S/c1-32-38(36,22-17-15-21(16-18-22)37-28(29,30)31)33-23-9-6-12-26(27(23)35)34-24-10-4-2-7-19(24)13-14-20-8-3-5-11-25(20)34/h2-5,7-8,10-11,15-18,23,26-27,35H,6,9,12-14H2,1H3,(H,32,33,36)/t23-,26+,27+,38?/m1/s1. The van der Waals surface area contributed by atoms with E-state index >= 15 is 0 Å². The number of ether oxygens (including phenoxy) is 1. The predicted molar refractivity (Wildman–Crippen MR) is 141 cm³/mol. The normalized spacial score (nSPS) is 23.0. The Kier molecular flexibility index (Phi) is 7.39. The van der Waals surface area contributed by atoms with Gasteiger partial charge in [0.1, 0.15) is 15.7 Å². The van der Waals surface area contributed by atoms with Gasteiger partial charge in [-0.3, -0.25) is 0 Å². The van der Waals surface area contributed by atoms with Crippen LogP contribution in [0.4, 0.5) is 24.5 Å². The average molecular weight is 546 g/mol. The first-order valence-electron chi connectivity index (χ1n) is 12.6. The number of rotatable bonds is 5. The maximum atomic E-state index is 13.8. The molecule has 38 heavy (non-hydrogen) atoms. The van der Waals surface area contributed by atoms with E-state index in [1.165, 1.54) is 30.3 Å². The van der Waals surface area contributed by atoms with Gasteiger partial charge in [0.05, 0.1) is 17.0 Å². The molecule has 202 valence electrons. The van der Waals surface area contributed by atoms with Crippen molar-refractivity contribution in [2.45, 2.75) is 61.5 Å². The van der Waals surface area contributed by atoms with Gasteiger partial charge in [-0.1, -0.05) is 36.4 Å². The molecule has 3 aromatic carbocycles. The average Bonchev–Trinajstić information content (AvgIpc) is 3.06. The lowest BCUT2D eigenvalue weighted by molar-refractivity contribution is -0.274. The summed E-state index contributed by atoms with van der Waals surface area (Å²) in [6, 6.07) is 20.5. The number of nitrogens with one attached hydrogen (secondary N) is 1. The van der Waals surface area contributed by atoms with Gasteiger partial charge in [0, 0.05) is 24.5 Å². The molecule has 0 saturated heterocycles. The number of aliphatic hydroxyl groups excluding tert-OH is 1. The van der Waals surface area contributed by atoms with Crippen LogP contribution in [0.25, 0.3) is 0 Å². The summed E-state index contributed by atoms with van der Waals surface area (Å²) in [5.41, 5.74) is 4.53. The maximum Gasteiger partial charge on any atom is 0.573 e. The summed E-state index contributed by atoms with van der Waals surface area (Å²) in [5, 5.41) is 11.7. The fraction of sp³-hybridized carbons (Fsp3) is 0.357. The number of nitrogens with zero attached hydrogens (tertiary/aromatic N) is 2. The molecule has 0 radical (unpaired) electrons. The number of aryl methyl sites for hydroxylation is 2. The van der Waals surface area contributed by atoms with Crippen LogP contribution < -0.4 is 14.4 Å². The van der Waals surface area contributed by atoms with Gasteiger partial charge >= 0.3 is 6.36 Å². The van der Waals surface area contributed by atoms with E-state index < -0.39 is 34.2 Å². The third-order valence-corrected chi connectivity index (χ3v) is 9.31. The summed E-state index contributed by atoms with van der Waals surface area (Å²) < 4.78 is 62.6. The first-order valence-corrected chi connectivity index (χ1v) is 14.1. The van der Waals surface area contributed by atoms with E-state index in [2.05, 4.69) is 43.0 Å². The highest BCUT2D eigenvalue weighted by molar-refractivity contribution is 7.91. The van der Waals surface area contributed by atoms with Crippen molar-refractivity contribution in [1.82, 2.24) is 4.72 Å². The molecule has 0 amide bonds. The minimum atomic E-state index is -4.82. The molecule has 1 aliphatic carbocycles. The van der Waals surface area contributed by atoms with Crippen molar-refractivity contribution in [3.8, 4) is 5.75 Å². The molecule has 2 aliphatic rings. The number of alkyl halides is 3. The first-order chi connectivity index (χ1) is 18.2. The Morgan fingerprint density at radius 2 is 1.53 bits per heavy atom. The van der Waals surface area contributed by atoms with Crippen LogP contribution in [0.5, 0.6) is 5.75 Å². The topological polar surface area (TPSA) is 74.2 Å². The monoisotopic (exact) mass is 545 g/mol. The highest BCUT2D eigenvalue weighted by Gasteiger charge is 2.39. The second-order valence-corrected chi connectivity index (χ2v) is 11.7. The second kappa shape index (κ2) is 10.6. The van der Waals surface area contributed by atoms with Gasteiger partial charge < -0.3 is 14.7 Å². The minimum absolute atomic E-state index is 0.217. The van der Waals surface area contributed by atoms with Crippen molar-refractivity contribution >= 4 is 21.3 Å². The van der Waals surface area contributed by atoms with Crippen LogP contribution in [0.15, 0.2) is 82.1 Å². The Morgan fingerprint density at radius 3 is 2.08 bits per heavy atom. The Hall–Kier alpha value is -3.08. The first kappa shape index (κ1) is 26.5. The molecule has 6 nitrogen and oxygen atoms in total. The molecule has 1 fully saturated rings. The summed E-state index contributed by atoms with van der Waals surface area (Å²) in [7, 11) is -1.83. The summed E-state index contributed by atoms with van der Waals surface area (Å²) in [5.74, 6) is -0.407. The van der Waals surface area contributed by atoms with E-state index in [0.29, 0.717) is 6.42 Å². The van der Waals surface area contributed by atoms with Crippen LogP contribution in [0.2, 0.25) is 0 Å². The molecule has 0 bridgehead atoms. The SMILES string of the molecule is CN=S(=O)(N[C@@H]1CCC[C@H](N2c3ccccc3CCc3ccccc32)[C@H]1O)c1ccc(OC(F)(F)F)cc1. The molecular weight excluding hydrogens is 515 g/mol. The molecule has 1 unspecified atom stereocenters. The molecule has 2 N–H and O–H groups in total. The van der Waals surface area contributed by atoms with E-state index in [4.69, 9.17) is 0 Å². The number of hydrogen-bond donors (Lipinski definition) is 2. The largest absolute Gasteiger partial charge is 0.573 e. The van der Waals surface area contributed by atoms with Gasteiger partial charge in [-0.05, 0) is 79.6 Å². The van der Waals surface area contributed by atoms with E-state index in [0.717, 1.165) is 49.2 Å². The highest BCUT2D eigenvalue weighted by atomic mass is 32.2. The van der Waals surface area contributed by atoms with Crippen LogP contribution >= 0.6 is 0 Å². The zero-order valence-corrected chi connectivity index (χ0v) is 21.7. The Balaban J connectivity index is 1.44. The summed E-state index contributed by atoms with van der Waals surface area (Å²) in [4.78, 5) is 2.44. The third kappa shape index (κ3) is 5.39. The minimum Gasteiger partial charge on any atom is -0.406 e. The Labute approximate surface area is 220 Å². The van der Waals surface area contributed by atoms with Gasteiger partial charge in [0.15, 0.2) is 0 Å². The van der Waals surface area contributed by atoms with E-state index in [9.17, 15) is 22.5 Å². The molecular formula is C28H30F3N3O3S. The lowest BCUT2D eigenvalue weighted by atomic mass is 9.86. The third-order valence-electron chi connectivity index (χ3n) is 7.26. The lowest BCUT2D eigenvalue weighted by Crippen LogP contribution is -2.55. The van der Waals surface area contributed by atoms with Gasteiger partial charge in [-0.15, -0.1) is 13.2 Å². The molecule has 0 spiro atoms. The van der Waals surface area contributed by atoms with Gasteiger partial charge in [0.2, 0.25) is 0 Å². The molecule has 4 atom stereocenters. The highest BCUT2D eigenvalue weighted by Crippen LogP contribution is 2.41. The van der Waals surface area contributed by atoms with Crippen LogP contribution in [0, 0.1) is 0 Å². The number of para-hydroxylation sites is 2. The maximum absolute atomic E-state index is 13.8. The zero-order valence-electron chi connectivity index (χ0n) is 20.9. The summed E-state index contributed by atoms with van der Waals surface area (Å²) >= 11 is 0. The number of anilines is 2. The van der Waals surface area contributed by atoms with Crippen molar-refractivity contribution in [2.24, 2.45) is 4.36 Å². The van der Waals surface area contributed by atoms with Crippen LogP contribution in [-0.2, 0) is 22.8 Å². The summed E-state index contributed by atoms with van der Waals surface area (Å²) in [6.45, 7) is 0. The van der Waals surface area contributed by atoms with Crippen LogP contribution in [0.1, 0.15) is 30.4 Å². The van der Waals surface area contributed by atoms with Crippen molar-refractivity contribution in [2.75, 3.05) is 11.9 Å². The smallest absolute Gasteiger partial charge is 0.406 e. The van der Waals surface area contributed by atoms with Gasteiger partial charge in [0.25, 0.3) is 0 Å². The number of hydrogen-bond acceptors (Lipinski definition) is 5. The van der Waals surface area contributed by atoms with Crippen LogP contribution in [0.3, 0.4) is 0 Å².